The Morgan fingerprint density at radius 2 is 1.60 bits per heavy atom. The van der Waals surface area contributed by atoms with Crippen LogP contribution in [0.1, 0.15) is 12.5 Å². The van der Waals surface area contributed by atoms with Crippen molar-refractivity contribution in [3.63, 3.8) is 0 Å². The van der Waals surface area contributed by atoms with Crippen LogP contribution in [0.3, 0.4) is 0 Å². The van der Waals surface area contributed by atoms with Crippen molar-refractivity contribution in [3.05, 3.63) is 54.1 Å². The third kappa shape index (κ3) is 4.94. The van der Waals surface area contributed by atoms with E-state index in [9.17, 15) is 13.2 Å². The molecule has 1 aliphatic heterocycles. The zero-order valence-corrected chi connectivity index (χ0v) is 18.6. The highest BCUT2D eigenvalue weighted by molar-refractivity contribution is 7.89. The van der Waals surface area contributed by atoms with Crippen LogP contribution in [0, 0.1) is 6.92 Å². The molecular weight excluding hydrogens is 402 g/mol. The van der Waals surface area contributed by atoms with Gasteiger partial charge < -0.3 is 14.5 Å². The summed E-state index contributed by atoms with van der Waals surface area (Å²) >= 11 is 0. The maximum atomic E-state index is 12.9. The molecule has 3 rings (SSSR count). The highest BCUT2D eigenvalue weighted by Gasteiger charge is 2.28. The number of benzene rings is 2. The number of sulfonamides is 1. The van der Waals surface area contributed by atoms with Crippen LogP contribution >= 0.6 is 0 Å². The molecule has 162 valence electrons. The van der Waals surface area contributed by atoms with Gasteiger partial charge in [0.2, 0.25) is 15.9 Å². The van der Waals surface area contributed by atoms with Crippen LogP contribution in [0.15, 0.2) is 53.4 Å². The van der Waals surface area contributed by atoms with Gasteiger partial charge in [-0.25, -0.2) is 8.42 Å². The summed E-state index contributed by atoms with van der Waals surface area (Å²) in [6, 6.07) is 14.6. The number of anilines is 1. The number of nitrogens with zero attached hydrogens (tertiary/aromatic N) is 3. The third-order valence-electron chi connectivity index (χ3n) is 5.39. The van der Waals surface area contributed by atoms with Crippen molar-refractivity contribution >= 4 is 21.6 Å². The maximum absolute atomic E-state index is 12.9. The van der Waals surface area contributed by atoms with Gasteiger partial charge in [-0.05, 0) is 43.3 Å². The molecule has 2 aromatic rings. The average molecular weight is 432 g/mol. The van der Waals surface area contributed by atoms with Crippen molar-refractivity contribution in [2.24, 2.45) is 0 Å². The van der Waals surface area contributed by atoms with E-state index in [1.54, 1.807) is 43.2 Å². The number of ether oxygens (including phenoxy) is 1. The predicted molar refractivity (Wildman–Crippen MR) is 117 cm³/mol. The molecule has 1 fully saturated rings. The fourth-order valence-electron chi connectivity index (χ4n) is 3.48. The van der Waals surface area contributed by atoms with Gasteiger partial charge in [0.15, 0.2) is 0 Å². The smallest absolute Gasteiger partial charge is 0.243 e. The molecule has 1 saturated heterocycles. The molecule has 0 unspecified atom stereocenters. The predicted octanol–water partition coefficient (Wildman–Crippen LogP) is 2.36. The second-order valence-electron chi connectivity index (χ2n) is 7.31. The minimum atomic E-state index is -3.70. The van der Waals surface area contributed by atoms with Gasteiger partial charge in [-0.2, -0.15) is 4.31 Å². The van der Waals surface area contributed by atoms with E-state index in [2.05, 4.69) is 4.90 Å². The zero-order valence-electron chi connectivity index (χ0n) is 17.7. The normalized spacial score (nSPS) is 14.8. The SMILES string of the molecule is CCN(CC(=O)N1CCN(c2ccc(OC)cc2)CC1)S(=O)(=O)c1ccc(C)cc1. The molecule has 2 aromatic carbocycles. The molecular formula is C22H29N3O4S. The summed E-state index contributed by atoms with van der Waals surface area (Å²) in [5, 5.41) is 0. The van der Waals surface area contributed by atoms with Gasteiger partial charge in [-0.3, -0.25) is 4.79 Å². The average Bonchev–Trinajstić information content (AvgIpc) is 2.77. The molecule has 0 aliphatic carbocycles. The molecule has 0 bridgehead atoms. The van der Waals surface area contributed by atoms with Crippen molar-refractivity contribution in [1.29, 1.82) is 0 Å². The number of rotatable bonds is 7. The molecule has 0 atom stereocenters. The number of amides is 1. The molecule has 0 saturated carbocycles. The van der Waals surface area contributed by atoms with Gasteiger partial charge in [0, 0.05) is 38.4 Å². The molecule has 0 radical (unpaired) electrons. The molecule has 7 nitrogen and oxygen atoms in total. The van der Waals surface area contributed by atoms with Crippen LogP contribution in [0.4, 0.5) is 5.69 Å². The van der Waals surface area contributed by atoms with Gasteiger partial charge in [0.25, 0.3) is 0 Å². The lowest BCUT2D eigenvalue weighted by atomic mass is 10.2. The van der Waals surface area contributed by atoms with Crippen LogP contribution in [0.5, 0.6) is 5.75 Å². The summed E-state index contributed by atoms with van der Waals surface area (Å²) in [6.07, 6.45) is 0. The van der Waals surface area contributed by atoms with Crippen LogP contribution in [-0.4, -0.2) is 69.9 Å². The Bertz CT molecular complexity index is 951. The lowest BCUT2D eigenvalue weighted by molar-refractivity contribution is -0.131. The van der Waals surface area contributed by atoms with E-state index in [0.29, 0.717) is 26.2 Å². The Kier molecular flexibility index (Phi) is 6.99. The van der Waals surface area contributed by atoms with Crippen molar-refractivity contribution < 1.29 is 17.9 Å². The number of hydrogen-bond acceptors (Lipinski definition) is 5. The maximum Gasteiger partial charge on any atom is 0.243 e. The first kappa shape index (κ1) is 22.1. The number of aryl methyl sites for hydroxylation is 1. The summed E-state index contributed by atoms with van der Waals surface area (Å²) in [5.41, 5.74) is 2.07. The topological polar surface area (TPSA) is 70.2 Å². The Balaban J connectivity index is 1.60. The number of piperazine rings is 1. The Morgan fingerprint density at radius 3 is 2.13 bits per heavy atom. The molecule has 8 heteroatoms. The summed E-state index contributed by atoms with van der Waals surface area (Å²) in [4.78, 5) is 17.0. The van der Waals surface area contributed by atoms with E-state index < -0.39 is 10.0 Å². The van der Waals surface area contributed by atoms with E-state index in [1.807, 2.05) is 31.2 Å². The fraction of sp³-hybridized carbons (Fsp3) is 0.409. The monoisotopic (exact) mass is 431 g/mol. The number of hydrogen-bond donors (Lipinski definition) is 0. The lowest BCUT2D eigenvalue weighted by Crippen LogP contribution is -2.51. The third-order valence-corrected chi connectivity index (χ3v) is 7.33. The Hall–Kier alpha value is -2.58. The number of carbonyl (C=O) groups is 1. The summed E-state index contributed by atoms with van der Waals surface area (Å²) in [5.74, 6) is 0.643. The standard InChI is InChI=1S/C22H29N3O4S/c1-4-25(30(27,28)21-11-5-18(2)6-12-21)17-22(26)24-15-13-23(14-16-24)19-7-9-20(29-3)10-8-19/h5-12H,4,13-17H2,1-3H3. The Morgan fingerprint density at radius 1 is 1.00 bits per heavy atom. The first-order chi connectivity index (χ1) is 14.3. The Labute approximate surface area is 178 Å². The molecule has 0 aromatic heterocycles. The van der Waals surface area contributed by atoms with Crippen molar-refractivity contribution in [1.82, 2.24) is 9.21 Å². The molecule has 0 spiro atoms. The van der Waals surface area contributed by atoms with Gasteiger partial charge >= 0.3 is 0 Å². The minimum Gasteiger partial charge on any atom is -0.497 e. The van der Waals surface area contributed by atoms with E-state index >= 15 is 0 Å². The number of carbonyl (C=O) groups excluding carboxylic acids is 1. The second kappa shape index (κ2) is 9.49. The van der Waals surface area contributed by atoms with Gasteiger partial charge in [-0.15, -0.1) is 0 Å². The van der Waals surface area contributed by atoms with Gasteiger partial charge in [0.1, 0.15) is 5.75 Å². The van der Waals surface area contributed by atoms with Crippen LogP contribution in [-0.2, 0) is 14.8 Å². The van der Waals surface area contributed by atoms with E-state index in [1.165, 1.54) is 4.31 Å². The fourth-order valence-corrected chi connectivity index (χ4v) is 4.88. The van der Waals surface area contributed by atoms with Crippen LogP contribution < -0.4 is 9.64 Å². The highest BCUT2D eigenvalue weighted by Crippen LogP contribution is 2.21. The van der Waals surface area contributed by atoms with Crippen LogP contribution in [0.2, 0.25) is 0 Å². The molecule has 0 N–H and O–H groups in total. The largest absolute Gasteiger partial charge is 0.497 e. The van der Waals surface area contributed by atoms with Crippen molar-refractivity contribution in [3.8, 4) is 5.75 Å². The zero-order chi connectivity index (χ0) is 21.7. The van der Waals surface area contributed by atoms with Gasteiger partial charge in [0.05, 0.1) is 18.6 Å². The number of methoxy groups -OCH3 is 1. The molecule has 30 heavy (non-hydrogen) atoms. The van der Waals surface area contributed by atoms with Crippen molar-refractivity contribution in [2.45, 2.75) is 18.7 Å². The molecule has 1 heterocycles. The molecule has 1 amide bonds. The highest BCUT2D eigenvalue weighted by atomic mass is 32.2. The first-order valence-corrected chi connectivity index (χ1v) is 11.5. The van der Waals surface area contributed by atoms with E-state index in [-0.39, 0.29) is 23.9 Å². The van der Waals surface area contributed by atoms with E-state index in [4.69, 9.17) is 4.74 Å². The minimum absolute atomic E-state index is 0.144. The first-order valence-electron chi connectivity index (χ1n) is 10.1. The number of likely N-dealkylation sites (N-methyl/N-ethyl adjacent to an activating group) is 1. The summed E-state index contributed by atoms with van der Waals surface area (Å²) in [7, 11) is -2.06. The second-order valence-corrected chi connectivity index (χ2v) is 9.25. The summed E-state index contributed by atoms with van der Waals surface area (Å²) < 4.78 is 32.3. The van der Waals surface area contributed by atoms with Crippen LogP contribution in [0.25, 0.3) is 0 Å². The van der Waals surface area contributed by atoms with Gasteiger partial charge in [-0.1, -0.05) is 24.6 Å². The lowest BCUT2D eigenvalue weighted by Gasteiger charge is -2.37. The van der Waals surface area contributed by atoms with E-state index in [0.717, 1.165) is 17.0 Å². The summed E-state index contributed by atoms with van der Waals surface area (Å²) in [6.45, 7) is 6.29. The van der Waals surface area contributed by atoms with Crippen molar-refractivity contribution in [2.75, 3.05) is 51.3 Å². The molecule has 1 aliphatic rings. The quantitative estimate of drug-likeness (QED) is 0.673.